The lowest BCUT2D eigenvalue weighted by Crippen LogP contribution is -2.22. The molecule has 0 saturated carbocycles. The number of aromatic nitrogens is 3. The molecular weight excluding hydrogens is 410 g/mol. The molecule has 0 unspecified atom stereocenters. The van der Waals surface area contributed by atoms with Crippen LogP contribution in [0.1, 0.15) is 26.4 Å². The first-order valence-electron chi connectivity index (χ1n) is 9.94. The number of hydrogen-bond acceptors (Lipinski definition) is 7. The number of hydrogen-bond donors (Lipinski definition) is 2. The number of rotatable bonds is 8. The van der Waals surface area contributed by atoms with Crippen molar-refractivity contribution in [2.45, 2.75) is 19.9 Å². The molecule has 0 radical (unpaired) electrons. The van der Waals surface area contributed by atoms with Gasteiger partial charge < -0.3 is 15.4 Å². The van der Waals surface area contributed by atoms with Crippen LogP contribution in [0.4, 0.5) is 5.82 Å². The van der Waals surface area contributed by atoms with Crippen molar-refractivity contribution in [1.29, 1.82) is 0 Å². The molecule has 7 nitrogen and oxygen atoms in total. The molecule has 1 amide bonds. The van der Waals surface area contributed by atoms with Crippen LogP contribution in [0.5, 0.6) is 5.75 Å². The first kappa shape index (κ1) is 20.7. The van der Waals surface area contributed by atoms with E-state index in [1.54, 1.807) is 19.5 Å². The Hall–Kier alpha value is -3.52. The van der Waals surface area contributed by atoms with Gasteiger partial charge in [0, 0.05) is 25.5 Å². The Morgan fingerprint density at radius 2 is 1.94 bits per heavy atom. The van der Waals surface area contributed by atoms with E-state index < -0.39 is 0 Å². The average molecular weight is 434 g/mol. The average Bonchev–Trinajstić information content (AvgIpc) is 3.16. The van der Waals surface area contributed by atoms with Gasteiger partial charge in [0.1, 0.15) is 22.7 Å². The number of carbonyl (C=O) groups is 1. The van der Waals surface area contributed by atoms with Gasteiger partial charge in [-0.3, -0.25) is 9.78 Å². The fraction of sp³-hybridized carbons (Fsp3) is 0.217. The third-order valence-corrected chi connectivity index (χ3v) is 6.21. The predicted octanol–water partition coefficient (Wildman–Crippen LogP) is 3.99. The second-order valence-electron chi connectivity index (χ2n) is 6.99. The van der Waals surface area contributed by atoms with Gasteiger partial charge in [-0.25, -0.2) is 9.97 Å². The summed E-state index contributed by atoms with van der Waals surface area (Å²) in [4.78, 5) is 27.0. The van der Waals surface area contributed by atoms with E-state index in [-0.39, 0.29) is 5.91 Å². The molecular formula is C23H23N5O2S. The van der Waals surface area contributed by atoms with Crippen LogP contribution in [0.15, 0.2) is 55.1 Å². The Bertz CT molecular complexity index is 1190. The quantitative estimate of drug-likeness (QED) is 0.437. The van der Waals surface area contributed by atoms with Crippen LogP contribution < -0.4 is 15.4 Å². The second kappa shape index (κ2) is 9.53. The number of methoxy groups -OCH3 is 1. The van der Waals surface area contributed by atoms with E-state index in [2.05, 4.69) is 31.7 Å². The molecule has 1 aromatic carbocycles. The minimum atomic E-state index is -0.114. The zero-order valence-corrected chi connectivity index (χ0v) is 18.2. The maximum Gasteiger partial charge on any atom is 0.261 e. The van der Waals surface area contributed by atoms with Crippen LogP contribution in [0.25, 0.3) is 10.2 Å². The van der Waals surface area contributed by atoms with Crippen molar-refractivity contribution in [3.05, 3.63) is 76.7 Å². The number of anilines is 1. The number of nitrogens with one attached hydrogen (secondary N) is 2. The van der Waals surface area contributed by atoms with Crippen LogP contribution >= 0.6 is 11.3 Å². The van der Waals surface area contributed by atoms with Crippen LogP contribution in [-0.2, 0) is 13.0 Å². The molecule has 3 aromatic heterocycles. The van der Waals surface area contributed by atoms with E-state index in [1.807, 2.05) is 37.3 Å². The first-order valence-corrected chi connectivity index (χ1v) is 10.8. The van der Waals surface area contributed by atoms with Crippen molar-refractivity contribution >= 4 is 33.3 Å². The Balaban J connectivity index is 1.49. The summed E-state index contributed by atoms with van der Waals surface area (Å²) in [5, 5.41) is 7.27. The molecule has 0 spiro atoms. The van der Waals surface area contributed by atoms with Gasteiger partial charge in [0.2, 0.25) is 0 Å². The number of nitrogens with zero attached hydrogens (tertiary/aromatic N) is 3. The lowest BCUT2D eigenvalue weighted by Gasteiger charge is -2.10. The minimum Gasteiger partial charge on any atom is -0.496 e. The predicted molar refractivity (Wildman–Crippen MR) is 123 cm³/mol. The van der Waals surface area contributed by atoms with Crippen molar-refractivity contribution < 1.29 is 9.53 Å². The second-order valence-corrected chi connectivity index (χ2v) is 7.98. The van der Waals surface area contributed by atoms with E-state index in [0.717, 1.165) is 44.9 Å². The normalized spacial score (nSPS) is 10.8. The number of aryl methyl sites for hydroxylation is 1. The fourth-order valence-electron chi connectivity index (χ4n) is 3.41. The molecule has 0 atom stereocenters. The standard InChI is InChI=1S/C23H23N5O2S/c1-15-19-21(25-12-9-17-5-3-4-6-18(17)30-2)27-14-28-23(19)31-20(15)22(29)26-13-16-7-10-24-11-8-16/h3-8,10-11,14H,9,12-13H2,1-2H3,(H,26,29)(H,25,27,28). The molecule has 4 rings (SSSR count). The van der Waals surface area contributed by atoms with Gasteiger partial charge in [-0.15, -0.1) is 11.3 Å². The van der Waals surface area contributed by atoms with E-state index in [4.69, 9.17) is 4.74 Å². The number of fused-ring (bicyclic) bond motifs is 1. The Labute approximate surface area is 184 Å². The van der Waals surface area contributed by atoms with Crippen molar-refractivity contribution in [3.8, 4) is 5.75 Å². The lowest BCUT2D eigenvalue weighted by molar-refractivity contribution is 0.0954. The molecule has 0 fully saturated rings. The highest BCUT2D eigenvalue weighted by Crippen LogP contribution is 2.33. The highest BCUT2D eigenvalue weighted by Gasteiger charge is 2.19. The third kappa shape index (κ3) is 4.64. The zero-order valence-electron chi connectivity index (χ0n) is 17.4. The SMILES string of the molecule is COc1ccccc1CCNc1ncnc2sc(C(=O)NCc3ccncc3)c(C)c12. The molecule has 8 heteroatoms. The summed E-state index contributed by atoms with van der Waals surface area (Å²) in [6.07, 6.45) is 5.75. The molecule has 3 heterocycles. The summed E-state index contributed by atoms with van der Waals surface area (Å²) in [6.45, 7) is 3.07. The monoisotopic (exact) mass is 433 g/mol. The first-order chi connectivity index (χ1) is 15.2. The molecule has 4 aromatic rings. The topological polar surface area (TPSA) is 89.0 Å². The van der Waals surface area contributed by atoms with E-state index in [1.165, 1.54) is 17.7 Å². The van der Waals surface area contributed by atoms with Gasteiger partial charge in [-0.05, 0) is 48.2 Å². The summed E-state index contributed by atoms with van der Waals surface area (Å²) < 4.78 is 5.42. The number of para-hydroxylation sites is 1. The summed E-state index contributed by atoms with van der Waals surface area (Å²) in [5.74, 6) is 1.50. The molecule has 2 N–H and O–H groups in total. The van der Waals surface area contributed by atoms with Crippen LogP contribution in [0, 0.1) is 6.92 Å². The zero-order chi connectivity index (χ0) is 21.6. The summed E-state index contributed by atoms with van der Waals surface area (Å²) in [7, 11) is 1.68. The van der Waals surface area contributed by atoms with E-state index in [9.17, 15) is 4.79 Å². The Kier molecular flexibility index (Phi) is 6.37. The van der Waals surface area contributed by atoms with E-state index in [0.29, 0.717) is 18.0 Å². The van der Waals surface area contributed by atoms with Crippen LogP contribution in [0.3, 0.4) is 0 Å². The van der Waals surface area contributed by atoms with Crippen LogP contribution in [0.2, 0.25) is 0 Å². The van der Waals surface area contributed by atoms with E-state index >= 15 is 0 Å². The molecule has 0 aliphatic carbocycles. The molecule has 0 aliphatic rings. The number of amides is 1. The lowest BCUT2D eigenvalue weighted by atomic mass is 10.1. The van der Waals surface area contributed by atoms with Crippen LogP contribution in [-0.4, -0.2) is 34.5 Å². The minimum absolute atomic E-state index is 0.114. The number of pyridine rings is 1. The highest BCUT2D eigenvalue weighted by molar-refractivity contribution is 7.20. The van der Waals surface area contributed by atoms with Crippen molar-refractivity contribution in [1.82, 2.24) is 20.3 Å². The van der Waals surface area contributed by atoms with Gasteiger partial charge in [0.25, 0.3) is 5.91 Å². The fourth-order valence-corrected chi connectivity index (χ4v) is 4.48. The van der Waals surface area contributed by atoms with Gasteiger partial charge in [-0.2, -0.15) is 0 Å². The molecule has 31 heavy (non-hydrogen) atoms. The van der Waals surface area contributed by atoms with Gasteiger partial charge in [0.05, 0.1) is 17.4 Å². The van der Waals surface area contributed by atoms with Crippen molar-refractivity contribution in [3.63, 3.8) is 0 Å². The molecule has 0 bridgehead atoms. The number of carbonyl (C=O) groups excluding carboxylic acids is 1. The van der Waals surface area contributed by atoms with Gasteiger partial charge in [-0.1, -0.05) is 18.2 Å². The van der Waals surface area contributed by atoms with Gasteiger partial charge >= 0.3 is 0 Å². The Morgan fingerprint density at radius 1 is 1.13 bits per heavy atom. The maximum absolute atomic E-state index is 12.8. The van der Waals surface area contributed by atoms with Gasteiger partial charge in [0.15, 0.2) is 0 Å². The number of ether oxygens (including phenoxy) is 1. The summed E-state index contributed by atoms with van der Waals surface area (Å²) in [5.41, 5.74) is 3.01. The highest BCUT2D eigenvalue weighted by atomic mass is 32.1. The largest absolute Gasteiger partial charge is 0.496 e. The van der Waals surface area contributed by atoms with Crippen molar-refractivity contribution in [2.75, 3.05) is 19.0 Å². The summed E-state index contributed by atoms with van der Waals surface area (Å²) >= 11 is 1.38. The molecule has 0 aliphatic heterocycles. The molecule has 158 valence electrons. The molecule has 0 saturated heterocycles. The number of thiophene rings is 1. The third-order valence-electron chi connectivity index (χ3n) is 5.01. The number of benzene rings is 1. The maximum atomic E-state index is 12.8. The Morgan fingerprint density at radius 3 is 2.74 bits per heavy atom. The smallest absolute Gasteiger partial charge is 0.261 e. The summed E-state index contributed by atoms with van der Waals surface area (Å²) in [6, 6.07) is 11.7. The van der Waals surface area contributed by atoms with Crippen molar-refractivity contribution in [2.24, 2.45) is 0 Å².